The molecule has 0 saturated carbocycles. The number of carboxylic acids is 1. The van der Waals surface area contributed by atoms with E-state index in [1.54, 1.807) is 4.90 Å². The third kappa shape index (κ3) is 4.37. The van der Waals surface area contributed by atoms with Gasteiger partial charge in [0.1, 0.15) is 6.04 Å². The Hall–Kier alpha value is -1.30. The zero-order valence-corrected chi connectivity index (χ0v) is 13.1. The van der Waals surface area contributed by atoms with E-state index in [-0.39, 0.29) is 17.5 Å². The van der Waals surface area contributed by atoms with Crippen molar-refractivity contribution in [2.24, 2.45) is 5.92 Å². The maximum atomic E-state index is 12.2. The molecular formula is C14H27N3O3. The highest BCUT2D eigenvalue weighted by Crippen LogP contribution is 2.19. The van der Waals surface area contributed by atoms with Gasteiger partial charge >= 0.3 is 12.0 Å². The number of nitrogens with one attached hydrogen (secondary N) is 1. The normalized spacial score (nSPS) is 20.8. The second kappa shape index (κ2) is 6.43. The lowest BCUT2D eigenvalue weighted by molar-refractivity contribution is -0.139. The summed E-state index contributed by atoms with van der Waals surface area (Å²) in [6.07, 6.45) is 0.443. The number of amides is 2. The quantitative estimate of drug-likeness (QED) is 0.814. The maximum Gasteiger partial charge on any atom is 0.326 e. The Morgan fingerprint density at radius 2 is 1.90 bits per heavy atom. The number of carboxylic acid groups (broad SMARTS) is 1. The average Bonchev–Trinajstić information content (AvgIpc) is 2.30. The van der Waals surface area contributed by atoms with Gasteiger partial charge in [0.05, 0.1) is 0 Å². The molecule has 6 nitrogen and oxygen atoms in total. The summed E-state index contributed by atoms with van der Waals surface area (Å²) in [7, 11) is 2.04. The predicted molar refractivity (Wildman–Crippen MR) is 77.7 cm³/mol. The fraction of sp³-hybridized carbons (Fsp3) is 0.857. The van der Waals surface area contributed by atoms with Gasteiger partial charge in [0.15, 0.2) is 0 Å². The first-order valence-electron chi connectivity index (χ1n) is 7.13. The van der Waals surface area contributed by atoms with Crippen LogP contribution in [0, 0.1) is 5.92 Å². The molecule has 1 atom stereocenters. The van der Waals surface area contributed by atoms with Crippen molar-refractivity contribution in [2.75, 3.05) is 26.7 Å². The minimum absolute atomic E-state index is 0.0909. The molecule has 1 saturated heterocycles. The Morgan fingerprint density at radius 1 is 1.30 bits per heavy atom. The molecule has 0 aromatic rings. The summed E-state index contributed by atoms with van der Waals surface area (Å²) >= 11 is 0. The molecule has 2 N–H and O–H groups in total. The highest BCUT2D eigenvalue weighted by atomic mass is 16.4. The van der Waals surface area contributed by atoms with Gasteiger partial charge in [-0.1, -0.05) is 13.8 Å². The molecule has 0 bridgehead atoms. The molecule has 1 heterocycles. The number of piperazine rings is 1. The van der Waals surface area contributed by atoms with Crippen molar-refractivity contribution >= 4 is 12.0 Å². The van der Waals surface area contributed by atoms with E-state index < -0.39 is 12.0 Å². The summed E-state index contributed by atoms with van der Waals surface area (Å²) in [6.45, 7) is 10.1. The number of likely N-dealkylation sites (N-methyl/N-ethyl adjacent to an activating group) is 1. The molecule has 1 rings (SSSR count). The smallest absolute Gasteiger partial charge is 0.326 e. The molecule has 1 aliphatic rings. The molecule has 0 spiro atoms. The van der Waals surface area contributed by atoms with Crippen molar-refractivity contribution in [1.29, 1.82) is 0 Å². The molecule has 1 fully saturated rings. The van der Waals surface area contributed by atoms with Gasteiger partial charge in [0, 0.05) is 25.2 Å². The molecule has 0 aliphatic carbocycles. The van der Waals surface area contributed by atoms with Crippen LogP contribution in [-0.2, 0) is 4.79 Å². The Bertz CT molecular complexity index is 369. The van der Waals surface area contributed by atoms with Gasteiger partial charge in [0.25, 0.3) is 0 Å². The average molecular weight is 285 g/mol. The van der Waals surface area contributed by atoms with E-state index >= 15 is 0 Å². The van der Waals surface area contributed by atoms with E-state index in [0.29, 0.717) is 19.5 Å². The monoisotopic (exact) mass is 285 g/mol. The van der Waals surface area contributed by atoms with Crippen molar-refractivity contribution in [1.82, 2.24) is 15.1 Å². The highest BCUT2D eigenvalue weighted by molar-refractivity contribution is 5.82. The van der Waals surface area contributed by atoms with E-state index in [9.17, 15) is 14.7 Å². The first-order valence-corrected chi connectivity index (χ1v) is 7.13. The minimum Gasteiger partial charge on any atom is -0.480 e. The fourth-order valence-corrected chi connectivity index (χ4v) is 2.35. The van der Waals surface area contributed by atoms with Crippen LogP contribution in [0.5, 0.6) is 0 Å². The van der Waals surface area contributed by atoms with E-state index in [1.165, 1.54) is 0 Å². The number of nitrogens with zero attached hydrogens (tertiary/aromatic N) is 2. The summed E-state index contributed by atoms with van der Waals surface area (Å²) in [6, 6.07) is -1.09. The van der Waals surface area contributed by atoms with Gasteiger partial charge in [0.2, 0.25) is 0 Å². The lowest BCUT2D eigenvalue weighted by atomic mass is 10.00. The Kier molecular flexibility index (Phi) is 5.39. The zero-order chi connectivity index (χ0) is 15.5. The molecular weight excluding hydrogens is 258 g/mol. The molecule has 116 valence electrons. The summed E-state index contributed by atoms with van der Waals surface area (Å²) in [5.41, 5.74) is -0.0909. The van der Waals surface area contributed by atoms with Crippen LogP contribution in [0.1, 0.15) is 34.1 Å². The molecule has 6 heteroatoms. The van der Waals surface area contributed by atoms with Gasteiger partial charge in [-0.3, -0.25) is 4.90 Å². The molecule has 0 aromatic carbocycles. The van der Waals surface area contributed by atoms with Crippen molar-refractivity contribution in [3.05, 3.63) is 0 Å². The fourth-order valence-electron chi connectivity index (χ4n) is 2.35. The first-order chi connectivity index (χ1) is 9.13. The largest absolute Gasteiger partial charge is 0.480 e. The third-order valence-electron chi connectivity index (χ3n) is 3.91. The van der Waals surface area contributed by atoms with Crippen LogP contribution in [0.2, 0.25) is 0 Å². The van der Waals surface area contributed by atoms with Gasteiger partial charge in [-0.05, 0) is 33.2 Å². The number of rotatable bonds is 4. The van der Waals surface area contributed by atoms with Crippen molar-refractivity contribution in [3.63, 3.8) is 0 Å². The SMILES string of the molecule is CC(C)C[C@@H](NC(=O)N1CCN(C)C(C)(C)C1)C(=O)O. The van der Waals surface area contributed by atoms with Crippen LogP contribution in [-0.4, -0.2) is 65.2 Å². The first kappa shape index (κ1) is 16.8. The maximum absolute atomic E-state index is 12.2. The van der Waals surface area contributed by atoms with Crippen LogP contribution >= 0.6 is 0 Å². The zero-order valence-electron chi connectivity index (χ0n) is 13.1. The van der Waals surface area contributed by atoms with E-state index in [4.69, 9.17) is 0 Å². The summed E-state index contributed by atoms with van der Waals surface area (Å²) < 4.78 is 0. The number of carbonyl (C=O) groups is 2. The summed E-state index contributed by atoms with van der Waals surface area (Å²) in [4.78, 5) is 27.3. The van der Waals surface area contributed by atoms with Crippen LogP contribution in [0.25, 0.3) is 0 Å². The van der Waals surface area contributed by atoms with Crippen molar-refractivity contribution in [2.45, 2.75) is 45.7 Å². The molecule has 1 aliphatic heterocycles. The molecule has 0 aromatic heterocycles. The Balaban J connectivity index is 2.63. The minimum atomic E-state index is -0.972. The molecule has 0 radical (unpaired) electrons. The van der Waals surface area contributed by atoms with Crippen molar-refractivity contribution < 1.29 is 14.7 Å². The number of urea groups is 1. The van der Waals surface area contributed by atoms with Crippen molar-refractivity contribution in [3.8, 4) is 0 Å². The van der Waals surface area contributed by atoms with E-state index in [0.717, 1.165) is 6.54 Å². The van der Waals surface area contributed by atoms with Gasteiger partial charge in [-0.25, -0.2) is 9.59 Å². The second-order valence-corrected chi connectivity index (χ2v) is 6.63. The van der Waals surface area contributed by atoms with Gasteiger partial charge in [-0.15, -0.1) is 0 Å². The topological polar surface area (TPSA) is 72.9 Å². The number of carbonyl (C=O) groups excluding carboxylic acids is 1. The lowest BCUT2D eigenvalue weighted by Crippen LogP contribution is -2.61. The number of hydrogen-bond acceptors (Lipinski definition) is 3. The standard InChI is InChI=1S/C14H27N3O3/c1-10(2)8-11(12(18)19)15-13(20)17-7-6-16(5)14(3,4)9-17/h10-11H,6-9H2,1-5H3,(H,15,20)(H,18,19)/t11-/m1/s1. The summed E-state index contributed by atoms with van der Waals surface area (Å²) in [5.74, 6) is -0.749. The predicted octanol–water partition coefficient (Wildman–Crippen LogP) is 1.22. The van der Waals surface area contributed by atoms with E-state index in [1.807, 2.05) is 20.9 Å². The lowest BCUT2D eigenvalue weighted by Gasteiger charge is -2.45. The second-order valence-electron chi connectivity index (χ2n) is 6.63. The van der Waals surface area contributed by atoms with Crippen LogP contribution in [0.3, 0.4) is 0 Å². The van der Waals surface area contributed by atoms with Gasteiger partial charge in [-0.2, -0.15) is 0 Å². The number of aliphatic carboxylic acids is 1. The molecule has 0 unspecified atom stereocenters. The number of hydrogen-bond donors (Lipinski definition) is 2. The molecule has 2 amide bonds. The van der Waals surface area contributed by atoms with Crippen LogP contribution in [0.15, 0.2) is 0 Å². The summed E-state index contributed by atoms with van der Waals surface area (Å²) in [5, 5.41) is 11.8. The van der Waals surface area contributed by atoms with Gasteiger partial charge < -0.3 is 15.3 Å². The molecule has 20 heavy (non-hydrogen) atoms. The van der Waals surface area contributed by atoms with Crippen LogP contribution < -0.4 is 5.32 Å². The van der Waals surface area contributed by atoms with E-state index in [2.05, 4.69) is 24.1 Å². The Labute approximate surface area is 121 Å². The van der Waals surface area contributed by atoms with Crippen LogP contribution in [0.4, 0.5) is 4.79 Å². The third-order valence-corrected chi connectivity index (χ3v) is 3.91. The highest BCUT2D eigenvalue weighted by Gasteiger charge is 2.34. The Morgan fingerprint density at radius 3 is 2.35 bits per heavy atom.